The van der Waals surface area contributed by atoms with E-state index >= 15 is 0 Å². The molecule has 1 aliphatic rings. The van der Waals surface area contributed by atoms with Crippen LogP contribution in [-0.2, 0) is 15.1 Å². The zero-order valence-electron chi connectivity index (χ0n) is 12.5. The molecule has 2 rings (SSSR count). The molecule has 0 spiro atoms. The lowest BCUT2D eigenvalue weighted by Crippen LogP contribution is -2.43. The minimum Gasteiger partial charge on any atom is -0.452 e. The van der Waals surface area contributed by atoms with Crippen LogP contribution in [0, 0.1) is 0 Å². The van der Waals surface area contributed by atoms with Gasteiger partial charge in [-0.2, -0.15) is 0 Å². The Balaban J connectivity index is 0.00000200. The minimum atomic E-state index is -0.482. The average Bonchev–Trinajstić information content (AvgIpc) is 2.77. The van der Waals surface area contributed by atoms with Crippen LogP contribution in [0.3, 0.4) is 0 Å². The Labute approximate surface area is 127 Å². The summed E-state index contributed by atoms with van der Waals surface area (Å²) in [6.45, 7) is 8.12. The van der Waals surface area contributed by atoms with Crippen LogP contribution in [0.4, 0.5) is 0 Å². The molecule has 1 aromatic rings. The topological polar surface area (TPSA) is 29.5 Å². The summed E-state index contributed by atoms with van der Waals surface area (Å²) < 4.78 is 5.90. The highest BCUT2D eigenvalue weighted by molar-refractivity contribution is 5.85. The van der Waals surface area contributed by atoms with E-state index in [9.17, 15) is 4.79 Å². The van der Waals surface area contributed by atoms with Crippen molar-refractivity contribution in [1.82, 2.24) is 4.90 Å². The van der Waals surface area contributed by atoms with E-state index in [0.29, 0.717) is 6.42 Å². The normalized spacial score (nSPS) is 26.1. The Kier molecular flexibility index (Phi) is 6.03. The molecule has 2 atom stereocenters. The molecule has 112 valence electrons. The van der Waals surface area contributed by atoms with E-state index in [-0.39, 0.29) is 24.4 Å². The van der Waals surface area contributed by atoms with E-state index in [4.69, 9.17) is 4.74 Å². The summed E-state index contributed by atoms with van der Waals surface area (Å²) in [5, 5.41) is 0. The molecule has 1 aliphatic heterocycles. The first-order valence-corrected chi connectivity index (χ1v) is 7.15. The second kappa shape index (κ2) is 7.09. The Morgan fingerprint density at radius 3 is 2.50 bits per heavy atom. The zero-order chi connectivity index (χ0) is 13.9. The predicted octanol–water partition coefficient (Wildman–Crippen LogP) is 3.37. The molecule has 0 aromatic heterocycles. The third kappa shape index (κ3) is 2.99. The number of rotatable bonds is 4. The maximum absolute atomic E-state index is 11.8. The third-order valence-electron chi connectivity index (χ3n) is 4.25. The number of esters is 1. The molecule has 20 heavy (non-hydrogen) atoms. The van der Waals surface area contributed by atoms with Gasteiger partial charge in [0.25, 0.3) is 0 Å². The van der Waals surface area contributed by atoms with Crippen LogP contribution in [0.25, 0.3) is 0 Å². The van der Waals surface area contributed by atoms with Crippen molar-refractivity contribution in [3.8, 4) is 0 Å². The molecule has 0 N–H and O–H groups in total. The second-order valence-corrected chi connectivity index (χ2v) is 5.14. The van der Waals surface area contributed by atoms with Crippen molar-refractivity contribution >= 4 is 18.4 Å². The number of carbonyl (C=O) groups excluding carboxylic acids is 1. The lowest BCUT2D eigenvalue weighted by molar-refractivity contribution is -0.163. The number of hydrogen-bond donors (Lipinski definition) is 0. The quantitative estimate of drug-likeness (QED) is 0.798. The number of nitrogens with zero attached hydrogens (tertiary/aromatic N) is 1. The van der Waals surface area contributed by atoms with Gasteiger partial charge in [-0.15, -0.1) is 12.4 Å². The van der Waals surface area contributed by atoms with Crippen LogP contribution >= 0.6 is 12.4 Å². The van der Waals surface area contributed by atoms with Crippen molar-refractivity contribution in [3.05, 3.63) is 35.9 Å². The molecular formula is C16H24ClNO2. The monoisotopic (exact) mass is 297 g/mol. The van der Waals surface area contributed by atoms with Crippen LogP contribution in [0.15, 0.2) is 30.3 Å². The zero-order valence-corrected chi connectivity index (χ0v) is 13.3. The molecule has 1 heterocycles. The van der Waals surface area contributed by atoms with Crippen molar-refractivity contribution in [3.63, 3.8) is 0 Å². The minimum absolute atomic E-state index is 0. The largest absolute Gasteiger partial charge is 0.452 e. The molecule has 4 heteroatoms. The number of benzene rings is 1. The van der Waals surface area contributed by atoms with Crippen LogP contribution in [0.2, 0.25) is 0 Å². The number of likely N-dealkylation sites (N-methyl/N-ethyl adjacent to an activating group) is 1. The van der Waals surface area contributed by atoms with E-state index in [1.54, 1.807) is 0 Å². The number of hydrogen-bond acceptors (Lipinski definition) is 3. The van der Waals surface area contributed by atoms with Gasteiger partial charge in [-0.1, -0.05) is 44.2 Å². The van der Waals surface area contributed by atoms with Gasteiger partial charge in [-0.05, 0) is 19.0 Å². The molecule has 1 fully saturated rings. The average molecular weight is 298 g/mol. The standard InChI is InChI=1S/C16H23NO2.ClH/c1-4-15(18)19-16(14-9-7-6-8-10-14)11-12-17(5-2)13(16)3;/h6-10,13H,4-5,11-12H2,1-3H3;1H. The summed E-state index contributed by atoms with van der Waals surface area (Å²) in [7, 11) is 0. The summed E-state index contributed by atoms with van der Waals surface area (Å²) in [6.07, 6.45) is 1.30. The number of likely N-dealkylation sites (tertiary alicyclic amines) is 1. The highest BCUT2D eigenvalue weighted by atomic mass is 35.5. The Hall–Kier alpha value is -1.06. The van der Waals surface area contributed by atoms with E-state index in [1.807, 2.05) is 25.1 Å². The SMILES string of the molecule is CCC(=O)OC1(c2ccccc2)CCN(CC)C1C.Cl. The van der Waals surface area contributed by atoms with Crippen LogP contribution < -0.4 is 0 Å². The van der Waals surface area contributed by atoms with Gasteiger partial charge in [0.05, 0.1) is 6.04 Å². The highest BCUT2D eigenvalue weighted by Crippen LogP contribution is 2.41. The fourth-order valence-corrected chi connectivity index (χ4v) is 3.02. The molecule has 0 radical (unpaired) electrons. The highest BCUT2D eigenvalue weighted by Gasteiger charge is 2.48. The summed E-state index contributed by atoms with van der Waals surface area (Å²) in [4.78, 5) is 14.2. The van der Waals surface area contributed by atoms with Crippen molar-refractivity contribution in [2.75, 3.05) is 13.1 Å². The van der Waals surface area contributed by atoms with Crippen molar-refractivity contribution < 1.29 is 9.53 Å². The Morgan fingerprint density at radius 1 is 1.35 bits per heavy atom. The number of carbonyl (C=O) groups is 1. The summed E-state index contributed by atoms with van der Waals surface area (Å²) in [6, 6.07) is 10.4. The Morgan fingerprint density at radius 2 is 2.00 bits per heavy atom. The summed E-state index contributed by atoms with van der Waals surface area (Å²) >= 11 is 0. The fourth-order valence-electron chi connectivity index (χ4n) is 3.02. The van der Waals surface area contributed by atoms with Gasteiger partial charge in [-0.25, -0.2) is 0 Å². The smallest absolute Gasteiger partial charge is 0.306 e. The molecule has 0 aliphatic carbocycles. The fraction of sp³-hybridized carbons (Fsp3) is 0.562. The van der Waals surface area contributed by atoms with Gasteiger partial charge >= 0.3 is 5.97 Å². The summed E-state index contributed by atoms with van der Waals surface area (Å²) in [5.74, 6) is -0.117. The van der Waals surface area contributed by atoms with Gasteiger partial charge in [0.2, 0.25) is 0 Å². The molecule has 0 saturated carbocycles. The van der Waals surface area contributed by atoms with Crippen molar-refractivity contribution in [1.29, 1.82) is 0 Å². The summed E-state index contributed by atoms with van der Waals surface area (Å²) in [5.41, 5.74) is 0.630. The van der Waals surface area contributed by atoms with Gasteiger partial charge < -0.3 is 4.74 Å². The molecule has 3 nitrogen and oxygen atoms in total. The van der Waals surface area contributed by atoms with E-state index in [2.05, 4.69) is 30.9 Å². The number of halogens is 1. The maximum atomic E-state index is 11.8. The molecule has 1 aromatic carbocycles. The van der Waals surface area contributed by atoms with E-state index in [1.165, 1.54) is 0 Å². The first-order valence-electron chi connectivity index (χ1n) is 7.15. The van der Waals surface area contributed by atoms with Crippen LogP contribution in [0.1, 0.15) is 39.2 Å². The number of ether oxygens (including phenoxy) is 1. The van der Waals surface area contributed by atoms with Crippen molar-refractivity contribution in [2.45, 2.75) is 45.3 Å². The Bertz CT molecular complexity index is 437. The first kappa shape index (κ1) is 17.0. The molecule has 2 unspecified atom stereocenters. The molecule has 0 amide bonds. The van der Waals surface area contributed by atoms with E-state index in [0.717, 1.165) is 25.1 Å². The van der Waals surface area contributed by atoms with Gasteiger partial charge in [0, 0.05) is 19.4 Å². The van der Waals surface area contributed by atoms with Crippen molar-refractivity contribution in [2.24, 2.45) is 0 Å². The van der Waals surface area contributed by atoms with Crippen LogP contribution in [0.5, 0.6) is 0 Å². The maximum Gasteiger partial charge on any atom is 0.306 e. The van der Waals surface area contributed by atoms with E-state index < -0.39 is 5.60 Å². The molecular weight excluding hydrogens is 274 g/mol. The first-order chi connectivity index (χ1) is 9.14. The molecule has 0 bridgehead atoms. The van der Waals surface area contributed by atoms with Crippen LogP contribution in [-0.4, -0.2) is 30.0 Å². The molecule has 1 saturated heterocycles. The van der Waals surface area contributed by atoms with Gasteiger partial charge in [0.1, 0.15) is 0 Å². The predicted molar refractivity (Wildman–Crippen MR) is 83.1 cm³/mol. The lowest BCUT2D eigenvalue weighted by atomic mass is 9.87. The van der Waals surface area contributed by atoms with Gasteiger partial charge in [-0.3, -0.25) is 9.69 Å². The lowest BCUT2D eigenvalue weighted by Gasteiger charge is -2.36. The van der Waals surface area contributed by atoms with Gasteiger partial charge in [0.15, 0.2) is 5.60 Å². The third-order valence-corrected chi connectivity index (χ3v) is 4.25. The second-order valence-electron chi connectivity index (χ2n) is 5.14.